The SMILES string of the molecule is COC(=O)c1ccccc1-c1ccc(C=C2NC(=O)N(Cc3ccc(F)cc3)C2=O)o1. The van der Waals surface area contributed by atoms with E-state index in [1.165, 1.54) is 37.5 Å². The maximum atomic E-state index is 13.1. The van der Waals surface area contributed by atoms with Gasteiger partial charge < -0.3 is 14.5 Å². The van der Waals surface area contributed by atoms with Crippen LogP contribution in [-0.4, -0.2) is 29.9 Å². The minimum absolute atomic E-state index is 0.0121. The maximum Gasteiger partial charge on any atom is 0.338 e. The second kappa shape index (κ2) is 8.27. The minimum atomic E-state index is -0.580. The van der Waals surface area contributed by atoms with Gasteiger partial charge in [0.05, 0.1) is 19.2 Å². The van der Waals surface area contributed by atoms with Crippen molar-refractivity contribution in [3.63, 3.8) is 0 Å². The molecule has 0 aliphatic carbocycles. The molecule has 1 aliphatic rings. The van der Waals surface area contributed by atoms with Crippen LogP contribution < -0.4 is 5.32 Å². The zero-order valence-corrected chi connectivity index (χ0v) is 16.4. The van der Waals surface area contributed by atoms with Crippen LogP contribution in [0.1, 0.15) is 21.7 Å². The van der Waals surface area contributed by atoms with Gasteiger partial charge >= 0.3 is 12.0 Å². The van der Waals surface area contributed by atoms with Crippen LogP contribution in [0.15, 0.2) is 70.8 Å². The van der Waals surface area contributed by atoms with E-state index in [0.717, 1.165) is 4.90 Å². The largest absolute Gasteiger partial charge is 0.465 e. The van der Waals surface area contributed by atoms with Gasteiger partial charge in [-0.2, -0.15) is 0 Å². The van der Waals surface area contributed by atoms with Gasteiger partial charge in [-0.25, -0.2) is 14.0 Å². The van der Waals surface area contributed by atoms with Crippen LogP contribution in [0.5, 0.6) is 0 Å². The average Bonchev–Trinajstić information content (AvgIpc) is 3.35. The van der Waals surface area contributed by atoms with Crippen LogP contribution in [-0.2, 0) is 16.1 Å². The van der Waals surface area contributed by atoms with E-state index in [2.05, 4.69) is 5.32 Å². The minimum Gasteiger partial charge on any atom is -0.465 e. The molecule has 0 bridgehead atoms. The van der Waals surface area contributed by atoms with Crippen LogP contribution in [0.3, 0.4) is 0 Å². The number of urea groups is 1. The number of carbonyl (C=O) groups excluding carboxylic acids is 3. The molecule has 156 valence electrons. The highest BCUT2D eigenvalue weighted by molar-refractivity contribution is 6.13. The molecule has 1 fully saturated rings. The lowest BCUT2D eigenvalue weighted by molar-refractivity contribution is -0.123. The summed E-state index contributed by atoms with van der Waals surface area (Å²) in [5.74, 6) is -0.692. The molecule has 0 radical (unpaired) electrons. The number of nitrogens with one attached hydrogen (secondary N) is 1. The van der Waals surface area contributed by atoms with E-state index in [-0.39, 0.29) is 12.2 Å². The zero-order valence-electron chi connectivity index (χ0n) is 16.4. The molecule has 0 atom stereocenters. The smallest absolute Gasteiger partial charge is 0.338 e. The third-order valence-corrected chi connectivity index (χ3v) is 4.73. The molecule has 3 amide bonds. The lowest BCUT2D eigenvalue weighted by Crippen LogP contribution is -2.30. The molecule has 4 rings (SSSR count). The molecule has 2 heterocycles. The molecule has 31 heavy (non-hydrogen) atoms. The number of imide groups is 1. The summed E-state index contributed by atoms with van der Waals surface area (Å²) in [5, 5.41) is 2.51. The van der Waals surface area contributed by atoms with Gasteiger partial charge in [0.25, 0.3) is 5.91 Å². The molecular weight excluding hydrogens is 403 g/mol. The van der Waals surface area contributed by atoms with Gasteiger partial charge in [0.1, 0.15) is 23.0 Å². The summed E-state index contributed by atoms with van der Waals surface area (Å²) >= 11 is 0. The molecule has 8 heteroatoms. The fourth-order valence-corrected chi connectivity index (χ4v) is 3.19. The number of amides is 3. The highest BCUT2D eigenvalue weighted by atomic mass is 19.1. The number of hydrogen-bond donors (Lipinski definition) is 1. The number of nitrogens with zero attached hydrogens (tertiary/aromatic N) is 1. The molecular formula is C23H17FN2O5. The van der Waals surface area contributed by atoms with Gasteiger partial charge in [-0.15, -0.1) is 0 Å². The van der Waals surface area contributed by atoms with E-state index >= 15 is 0 Å². The number of rotatable bonds is 5. The number of ether oxygens (including phenoxy) is 1. The fraction of sp³-hybridized carbons (Fsp3) is 0.0870. The van der Waals surface area contributed by atoms with Crippen molar-refractivity contribution >= 4 is 24.0 Å². The second-order valence-corrected chi connectivity index (χ2v) is 6.75. The van der Waals surface area contributed by atoms with E-state index in [0.29, 0.717) is 28.2 Å². The van der Waals surface area contributed by atoms with Crippen molar-refractivity contribution in [1.82, 2.24) is 10.2 Å². The summed E-state index contributed by atoms with van der Waals surface area (Å²) in [7, 11) is 1.29. The van der Waals surface area contributed by atoms with E-state index in [1.54, 1.807) is 36.4 Å². The summed E-state index contributed by atoms with van der Waals surface area (Å²) in [5.41, 5.74) is 1.55. The first-order valence-electron chi connectivity index (χ1n) is 9.33. The maximum absolute atomic E-state index is 13.1. The molecule has 0 unspecified atom stereocenters. The predicted octanol–water partition coefficient (Wildman–Crippen LogP) is 3.97. The Kier molecular flexibility index (Phi) is 5.36. The summed E-state index contributed by atoms with van der Waals surface area (Å²) in [6.45, 7) is 0.0121. The van der Waals surface area contributed by atoms with Crippen molar-refractivity contribution in [2.75, 3.05) is 7.11 Å². The third kappa shape index (κ3) is 4.09. The van der Waals surface area contributed by atoms with Crippen molar-refractivity contribution < 1.29 is 27.9 Å². The standard InChI is InChI=1S/C23H17FN2O5/c1-30-22(28)18-5-3-2-4-17(18)20-11-10-16(31-20)12-19-21(27)26(23(29)25-19)13-14-6-8-15(24)9-7-14/h2-12H,13H2,1H3,(H,25,29). The Morgan fingerprint density at radius 1 is 1.10 bits per heavy atom. The Hall–Kier alpha value is -4.20. The van der Waals surface area contributed by atoms with E-state index < -0.39 is 23.7 Å². The number of methoxy groups -OCH3 is 1. The monoisotopic (exact) mass is 420 g/mol. The Morgan fingerprint density at radius 3 is 2.58 bits per heavy atom. The molecule has 0 saturated carbocycles. The van der Waals surface area contributed by atoms with Gasteiger partial charge in [0, 0.05) is 11.6 Å². The lowest BCUT2D eigenvalue weighted by atomic mass is 10.1. The van der Waals surface area contributed by atoms with Crippen molar-refractivity contribution in [3.8, 4) is 11.3 Å². The number of furan rings is 1. The molecule has 1 aromatic heterocycles. The quantitative estimate of drug-likeness (QED) is 0.383. The summed E-state index contributed by atoms with van der Waals surface area (Å²) in [6, 6.07) is 15.1. The van der Waals surface area contributed by atoms with Crippen LogP contribution in [0.2, 0.25) is 0 Å². The van der Waals surface area contributed by atoms with Crippen LogP contribution in [0.4, 0.5) is 9.18 Å². The summed E-state index contributed by atoms with van der Waals surface area (Å²) in [4.78, 5) is 37.9. The van der Waals surface area contributed by atoms with Crippen LogP contribution in [0.25, 0.3) is 17.4 Å². The Bertz CT molecular complexity index is 1200. The Labute approximate surface area is 176 Å². The highest BCUT2D eigenvalue weighted by Gasteiger charge is 2.33. The predicted molar refractivity (Wildman–Crippen MR) is 109 cm³/mol. The fourth-order valence-electron chi connectivity index (χ4n) is 3.19. The van der Waals surface area contributed by atoms with Crippen LogP contribution >= 0.6 is 0 Å². The number of esters is 1. The summed E-state index contributed by atoms with van der Waals surface area (Å²) in [6.07, 6.45) is 1.41. The van der Waals surface area contributed by atoms with Crippen molar-refractivity contribution in [2.24, 2.45) is 0 Å². The van der Waals surface area contributed by atoms with Crippen molar-refractivity contribution in [1.29, 1.82) is 0 Å². The molecule has 1 aliphatic heterocycles. The molecule has 2 aromatic carbocycles. The van der Waals surface area contributed by atoms with Crippen LogP contribution in [0, 0.1) is 5.82 Å². The Balaban J connectivity index is 1.56. The second-order valence-electron chi connectivity index (χ2n) is 6.75. The molecule has 7 nitrogen and oxygen atoms in total. The van der Waals surface area contributed by atoms with E-state index in [4.69, 9.17) is 9.15 Å². The van der Waals surface area contributed by atoms with Crippen molar-refractivity contribution in [2.45, 2.75) is 6.54 Å². The first-order valence-corrected chi connectivity index (χ1v) is 9.33. The lowest BCUT2D eigenvalue weighted by Gasteiger charge is -2.11. The highest BCUT2D eigenvalue weighted by Crippen LogP contribution is 2.28. The zero-order chi connectivity index (χ0) is 22.0. The third-order valence-electron chi connectivity index (χ3n) is 4.73. The topological polar surface area (TPSA) is 88.9 Å². The first kappa shape index (κ1) is 20.1. The van der Waals surface area contributed by atoms with Crippen molar-refractivity contribution in [3.05, 3.63) is 89.1 Å². The summed E-state index contributed by atoms with van der Waals surface area (Å²) < 4.78 is 23.6. The first-order chi connectivity index (χ1) is 15.0. The normalized spacial score (nSPS) is 14.8. The number of carbonyl (C=O) groups is 3. The Morgan fingerprint density at radius 2 is 1.84 bits per heavy atom. The average molecular weight is 420 g/mol. The number of hydrogen-bond acceptors (Lipinski definition) is 5. The van der Waals surface area contributed by atoms with Gasteiger partial charge in [0.2, 0.25) is 0 Å². The molecule has 3 aromatic rings. The molecule has 0 spiro atoms. The van der Waals surface area contributed by atoms with Gasteiger partial charge in [0.15, 0.2) is 0 Å². The van der Waals surface area contributed by atoms with Gasteiger partial charge in [-0.05, 0) is 35.9 Å². The number of halogens is 1. The number of benzene rings is 2. The molecule has 1 N–H and O–H groups in total. The van der Waals surface area contributed by atoms with Gasteiger partial charge in [-0.3, -0.25) is 9.69 Å². The molecule has 1 saturated heterocycles. The van der Waals surface area contributed by atoms with E-state index in [1.807, 2.05) is 0 Å². The van der Waals surface area contributed by atoms with E-state index in [9.17, 15) is 18.8 Å². The van der Waals surface area contributed by atoms with Gasteiger partial charge in [-0.1, -0.05) is 30.3 Å².